The van der Waals surface area contributed by atoms with Gasteiger partial charge in [-0.1, -0.05) is 20.8 Å². The van der Waals surface area contributed by atoms with Gasteiger partial charge >= 0.3 is 23.9 Å². The van der Waals surface area contributed by atoms with Crippen molar-refractivity contribution in [1.82, 2.24) is 0 Å². The highest BCUT2D eigenvalue weighted by Crippen LogP contribution is 2.90. The fourth-order valence-corrected chi connectivity index (χ4v) is 14.0. The van der Waals surface area contributed by atoms with E-state index in [1.165, 1.54) is 13.8 Å². The highest BCUT2D eigenvalue weighted by atomic mass is 16.7. The summed E-state index contributed by atoms with van der Waals surface area (Å²) in [6.07, 6.45) is 5.27. The van der Waals surface area contributed by atoms with Gasteiger partial charge in [-0.3, -0.25) is 19.2 Å². The predicted octanol–water partition coefficient (Wildman–Crippen LogP) is 5.97. The Bertz CT molecular complexity index is 1530. The van der Waals surface area contributed by atoms with Crippen LogP contribution in [0, 0.1) is 50.2 Å². The van der Waals surface area contributed by atoms with E-state index in [1.807, 2.05) is 0 Å². The van der Waals surface area contributed by atoms with Gasteiger partial charge in [0.15, 0.2) is 5.79 Å². The molecule has 0 aromatic rings. The van der Waals surface area contributed by atoms with Crippen LogP contribution in [-0.2, 0) is 42.9 Å². The molecule has 2 heterocycles. The summed E-state index contributed by atoms with van der Waals surface area (Å²) < 4.78 is 32.6. The second-order valence-corrected chi connectivity index (χ2v) is 19.9. The summed E-state index contributed by atoms with van der Waals surface area (Å²) in [5.74, 6) is -3.47. The van der Waals surface area contributed by atoms with Gasteiger partial charge in [0.25, 0.3) is 0 Å². The van der Waals surface area contributed by atoms with E-state index in [4.69, 9.17) is 23.7 Å². The number of ether oxygens (including phenoxy) is 5. The third-order valence-electron chi connectivity index (χ3n) is 16.3. The fourth-order valence-electron chi connectivity index (χ4n) is 14.0. The van der Waals surface area contributed by atoms with Crippen molar-refractivity contribution in [2.75, 3.05) is 6.61 Å². The highest BCUT2D eigenvalue weighted by Gasteiger charge is 2.88. The van der Waals surface area contributed by atoms with Gasteiger partial charge in [-0.25, -0.2) is 0 Å². The number of rotatable bonds is 7. The summed E-state index contributed by atoms with van der Waals surface area (Å²) >= 11 is 0. The summed E-state index contributed by atoms with van der Waals surface area (Å²) in [5, 5.41) is 21.1. The first-order chi connectivity index (χ1) is 23.4. The molecule has 2 N–H and O–H groups in total. The van der Waals surface area contributed by atoms with Crippen LogP contribution in [0.3, 0.4) is 0 Å². The lowest BCUT2D eigenvalue weighted by Gasteiger charge is -2.64. The summed E-state index contributed by atoms with van der Waals surface area (Å²) in [4.78, 5) is 50.8. The summed E-state index contributed by atoms with van der Waals surface area (Å²) in [7, 11) is 0. The Morgan fingerprint density at radius 3 is 2.00 bits per heavy atom. The summed E-state index contributed by atoms with van der Waals surface area (Å²) in [5.41, 5.74) is -4.86. The largest absolute Gasteiger partial charge is 0.481 e. The van der Waals surface area contributed by atoms with E-state index >= 15 is 0 Å². The SMILES string of the molecule is CC(=O)O[C@H]1[C@@H](OC(C)=O)[C@@]2(C)[C@@H]3CC[C@H]4C(C)(C)[C@@H](OC(=O)CC(C)(C)C(=O)O)CC[C@@]45C[C@@]35CC[C@@]23CO[C@@]2(C(C)(C)O)CC[C@](C)(O2)[C@@H]13. The molecule has 0 aromatic heterocycles. The van der Waals surface area contributed by atoms with Crippen LogP contribution in [0.25, 0.3) is 0 Å². The molecular weight excluding hydrogens is 656 g/mol. The quantitative estimate of drug-likeness (QED) is 0.237. The van der Waals surface area contributed by atoms with Crippen LogP contribution in [0.4, 0.5) is 0 Å². The van der Waals surface area contributed by atoms with Gasteiger partial charge in [-0.2, -0.15) is 0 Å². The molecule has 11 nitrogen and oxygen atoms in total. The van der Waals surface area contributed by atoms with E-state index in [9.17, 15) is 29.4 Å². The molecule has 11 heteroatoms. The van der Waals surface area contributed by atoms with Gasteiger partial charge in [-0.15, -0.1) is 0 Å². The van der Waals surface area contributed by atoms with Gasteiger partial charge in [0, 0.05) is 42.4 Å². The molecule has 0 unspecified atom stereocenters. The average Bonchev–Trinajstić information content (AvgIpc) is 3.48. The van der Waals surface area contributed by atoms with Crippen LogP contribution in [-0.4, -0.2) is 76.0 Å². The molecule has 7 rings (SSSR count). The third kappa shape index (κ3) is 4.71. The van der Waals surface area contributed by atoms with Crippen molar-refractivity contribution in [3.05, 3.63) is 0 Å². The number of esters is 3. The molecule has 2 saturated heterocycles. The minimum atomic E-state index is -1.28. The number of aliphatic hydroxyl groups is 1. The lowest BCUT2D eigenvalue weighted by molar-refractivity contribution is -0.316. The van der Waals surface area contributed by atoms with Crippen molar-refractivity contribution in [3.8, 4) is 0 Å². The Morgan fingerprint density at radius 1 is 0.784 bits per heavy atom. The number of carbonyl (C=O) groups excluding carboxylic acids is 3. The Kier molecular flexibility index (Phi) is 7.95. The number of fused-ring (bicyclic) bond motifs is 4. The van der Waals surface area contributed by atoms with Crippen molar-refractivity contribution in [2.24, 2.45) is 50.2 Å². The number of hydrogen-bond acceptors (Lipinski definition) is 10. The number of hydrogen-bond donors (Lipinski definition) is 2. The molecule has 12 atom stereocenters. The molecule has 5 saturated carbocycles. The predicted molar refractivity (Wildman–Crippen MR) is 183 cm³/mol. The highest BCUT2D eigenvalue weighted by molar-refractivity contribution is 5.81. The standard InChI is InChI=1S/C40H60O11/c1-22(41)48-28-29-35(9)15-18-40(51-35,34(7,8)46)47-21-39(29)17-16-38-20-37(38)14-13-26(50-27(43)19-32(3,4)31(44)45)33(5,6)24(37)11-12-25(38)36(39,10)30(28)49-23(2)42/h24-26,28-30,46H,11-21H2,1-10H3,(H,44,45)/t24-,25-,26-,28+,29+,30+,35-,36+,37+,38-,39-,40-/m0/s1. The van der Waals surface area contributed by atoms with Gasteiger partial charge in [-0.05, 0) is 109 Å². The molecule has 0 aromatic carbocycles. The van der Waals surface area contributed by atoms with Crippen molar-refractivity contribution in [2.45, 2.75) is 169 Å². The second kappa shape index (κ2) is 10.9. The van der Waals surface area contributed by atoms with E-state index in [1.54, 1.807) is 27.7 Å². The van der Waals surface area contributed by atoms with E-state index in [0.29, 0.717) is 25.9 Å². The molecule has 286 valence electrons. The molecule has 0 radical (unpaired) electrons. The Balaban J connectivity index is 1.27. The molecule has 0 amide bonds. The molecule has 2 aliphatic heterocycles. The first-order valence-corrected chi connectivity index (χ1v) is 19.2. The van der Waals surface area contributed by atoms with Crippen LogP contribution >= 0.6 is 0 Å². The van der Waals surface area contributed by atoms with Crippen molar-refractivity contribution < 1.29 is 53.1 Å². The van der Waals surface area contributed by atoms with Crippen molar-refractivity contribution >= 4 is 23.9 Å². The number of aliphatic carboxylic acids is 1. The fraction of sp³-hybridized carbons (Fsp3) is 0.900. The summed E-state index contributed by atoms with van der Waals surface area (Å²) in [6.45, 7) is 18.4. The lowest BCUT2D eigenvalue weighted by atomic mass is 9.41. The molecule has 3 spiro atoms. The van der Waals surface area contributed by atoms with Crippen LogP contribution < -0.4 is 0 Å². The molecule has 7 aliphatic rings. The van der Waals surface area contributed by atoms with Gasteiger partial charge in [0.1, 0.15) is 23.9 Å². The molecule has 7 fully saturated rings. The van der Waals surface area contributed by atoms with Crippen LogP contribution in [0.1, 0.15) is 133 Å². The smallest absolute Gasteiger partial charge is 0.309 e. The van der Waals surface area contributed by atoms with E-state index in [2.05, 4.69) is 27.7 Å². The van der Waals surface area contributed by atoms with Gasteiger partial charge in [0.05, 0.1) is 24.0 Å². The monoisotopic (exact) mass is 716 g/mol. The maximum absolute atomic E-state index is 13.1. The van der Waals surface area contributed by atoms with E-state index in [-0.39, 0.29) is 46.5 Å². The lowest BCUT2D eigenvalue weighted by Crippen LogP contribution is -2.63. The average molecular weight is 717 g/mol. The maximum Gasteiger partial charge on any atom is 0.309 e. The van der Waals surface area contributed by atoms with Gasteiger partial charge in [0.2, 0.25) is 0 Å². The zero-order chi connectivity index (χ0) is 37.6. The van der Waals surface area contributed by atoms with Gasteiger partial charge < -0.3 is 33.9 Å². The first-order valence-electron chi connectivity index (χ1n) is 19.2. The number of carboxylic acid groups (broad SMARTS) is 1. The number of carbonyl (C=O) groups is 4. The molecule has 5 aliphatic carbocycles. The number of carboxylic acids is 1. The topological polar surface area (TPSA) is 155 Å². The molecule has 2 bridgehead atoms. The Labute approximate surface area is 302 Å². The van der Waals surface area contributed by atoms with E-state index < -0.39 is 69.3 Å². The molecular formula is C40H60O11. The normalized spacial score (nSPS) is 47.7. The third-order valence-corrected chi connectivity index (χ3v) is 16.3. The van der Waals surface area contributed by atoms with E-state index in [0.717, 1.165) is 38.5 Å². The molecule has 51 heavy (non-hydrogen) atoms. The van der Waals surface area contributed by atoms with Crippen LogP contribution in [0.2, 0.25) is 0 Å². The van der Waals surface area contributed by atoms with Crippen LogP contribution in [0.15, 0.2) is 0 Å². The Morgan fingerprint density at radius 2 is 1.39 bits per heavy atom. The van der Waals surface area contributed by atoms with Crippen LogP contribution in [0.5, 0.6) is 0 Å². The second-order valence-electron chi connectivity index (χ2n) is 19.9. The zero-order valence-corrected chi connectivity index (χ0v) is 32.3. The zero-order valence-electron chi connectivity index (χ0n) is 32.3. The minimum Gasteiger partial charge on any atom is -0.481 e. The summed E-state index contributed by atoms with van der Waals surface area (Å²) in [6, 6.07) is 0. The minimum absolute atomic E-state index is 0.0162. The Hall–Kier alpha value is -2.24. The maximum atomic E-state index is 13.1. The van der Waals surface area contributed by atoms with Crippen molar-refractivity contribution in [1.29, 1.82) is 0 Å². The van der Waals surface area contributed by atoms with Crippen molar-refractivity contribution in [3.63, 3.8) is 0 Å². The first kappa shape index (κ1) is 37.1.